The second kappa shape index (κ2) is 7.94. The van der Waals surface area contributed by atoms with E-state index in [9.17, 15) is 14.0 Å². The third-order valence-corrected chi connectivity index (χ3v) is 4.68. The number of nitrogens with zero attached hydrogens (tertiary/aromatic N) is 2. The number of hydrogen-bond donors (Lipinski definition) is 1. The Morgan fingerprint density at radius 2 is 2.12 bits per heavy atom. The Morgan fingerprint density at radius 3 is 2.88 bits per heavy atom. The van der Waals surface area contributed by atoms with E-state index >= 15 is 0 Å². The first-order valence-corrected chi connectivity index (χ1v) is 8.12. The monoisotopic (exact) mass is 355 g/mol. The van der Waals surface area contributed by atoms with Crippen molar-refractivity contribution in [2.75, 3.05) is 32.7 Å². The first-order valence-electron chi connectivity index (χ1n) is 8.12. The van der Waals surface area contributed by atoms with Crippen LogP contribution in [-0.2, 0) is 4.79 Å². The van der Waals surface area contributed by atoms with Crippen molar-refractivity contribution in [2.45, 2.75) is 25.8 Å². The summed E-state index contributed by atoms with van der Waals surface area (Å²) in [7, 11) is 0. The Balaban J connectivity index is 0.00000208. The number of likely N-dealkylation sites (tertiary alicyclic amines) is 1. The molecule has 0 aliphatic carbocycles. The zero-order valence-corrected chi connectivity index (χ0v) is 14.6. The fraction of sp³-hybridized carbons (Fsp3) is 0.529. The lowest BCUT2D eigenvalue weighted by Gasteiger charge is -2.41. The maximum Gasteiger partial charge on any atom is 0.254 e. The molecule has 0 aromatic heterocycles. The number of carbonyl (C=O) groups excluding carboxylic acids is 2. The van der Waals surface area contributed by atoms with Gasteiger partial charge in [0.15, 0.2) is 0 Å². The molecule has 5 nitrogen and oxygen atoms in total. The molecule has 0 bridgehead atoms. The van der Waals surface area contributed by atoms with E-state index in [0.717, 1.165) is 24.9 Å². The Morgan fingerprint density at radius 1 is 1.33 bits per heavy atom. The van der Waals surface area contributed by atoms with Crippen LogP contribution in [0.25, 0.3) is 0 Å². The molecule has 2 fully saturated rings. The van der Waals surface area contributed by atoms with Crippen molar-refractivity contribution in [2.24, 2.45) is 0 Å². The van der Waals surface area contributed by atoms with Gasteiger partial charge in [0.1, 0.15) is 5.82 Å². The molecular weight excluding hydrogens is 333 g/mol. The number of rotatable bonds is 2. The minimum Gasteiger partial charge on any atom is -0.337 e. The van der Waals surface area contributed by atoms with Gasteiger partial charge in [-0.05, 0) is 37.5 Å². The summed E-state index contributed by atoms with van der Waals surface area (Å²) in [5.74, 6) is -0.448. The molecule has 2 amide bonds. The molecule has 2 heterocycles. The highest BCUT2D eigenvalue weighted by molar-refractivity contribution is 5.95. The third-order valence-electron chi connectivity index (χ3n) is 4.68. The van der Waals surface area contributed by atoms with Crippen LogP contribution in [0, 0.1) is 12.7 Å². The Labute approximate surface area is 147 Å². The van der Waals surface area contributed by atoms with Gasteiger partial charge in [0.05, 0.1) is 6.54 Å². The van der Waals surface area contributed by atoms with Crippen molar-refractivity contribution in [3.05, 3.63) is 35.1 Å². The molecule has 1 N–H and O–H groups in total. The van der Waals surface area contributed by atoms with Gasteiger partial charge in [0.2, 0.25) is 5.91 Å². The molecule has 3 rings (SSSR count). The predicted octanol–water partition coefficient (Wildman–Crippen LogP) is 1.59. The molecule has 1 atom stereocenters. The van der Waals surface area contributed by atoms with Gasteiger partial charge in [-0.1, -0.05) is 6.07 Å². The number of benzene rings is 1. The molecule has 2 aliphatic rings. The summed E-state index contributed by atoms with van der Waals surface area (Å²) in [5, 5.41) is 3.06. The number of piperazine rings is 1. The summed E-state index contributed by atoms with van der Waals surface area (Å²) in [6.45, 7) is 4.84. The van der Waals surface area contributed by atoms with Crippen molar-refractivity contribution < 1.29 is 14.0 Å². The highest BCUT2D eigenvalue weighted by Gasteiger charge is 2.32. The van der Waals surface area contributed by atoms with Crippen LogP contribution in [-0.4, -0.2) is 60.4 Å². The standard InChI is InChI=1S/C17H22FN3O2.ClH/c1-12-4-5-13(18)9-15(12)17(23)20-7-2-3-14(11-20)21-8-6-19-10-16(21)22;/h4-5,9,14,19H,2-3,6-8,10-11H2,1H3;1H. The average molecular weight is 356 g/mol. The van der Waals surface area contributed by atoms with Crippen molar-refractivity contribution in [1.29, 1.82) is 0 Å². The van der Waals surface area contributed by atoms with E-state index in [0.29, 0.717) is 31.7 Å². The van der Waals surface area contributed by atoms with Gasteiger partial charge < -0.3 is 15.1 Å². The number of piperidine rings is 1. The first kappa shape index (κ1) is 18.7. The molecule has 2 aliphatic heterocycles. The Bertz CT molecular complexity index is 626. The zero-order chi connectivity index (χ0) is 16.4. The number of aryl methyl sites for hydroxylation is 1. The average Bonchev–Trinajstić information content (AvgIpc) is 2.57. The van der Waals surface area contributed by atoms with Crippen molar-refractivity contribution >= 4 is 24.2 Å². The first-order chi connectivity index (χ1) is 11.1. The Kier molecular flexibility index (Phi) is 6.18. The van der Waals surface area contributed by atoms with Gasteiger partial charge in [0.25, 0.3) is 5.91 Å². The van der Waals surface area contributed by atoms with E-state index in [-0.39, 0.29) is 30.3 Å². The van der Waals surface area contributed by atoms with Crippen LogP contribution >= 0.6 is 12.4 Å². The molecule has 0 spiro atoms. The van der Waals surface area contributed by atoms with Gasteiger partial charge in [-0.15, -0.1) is 12.4 Å². The van der Waals surface area contributed by atoms with Crippen LogP contribution < -0.4 is 5.32 Å². The van der Waals surface area contributed by atoms with Gasteiger partial charge in [-0.2, -0.15) is 0 Å². The summed E-state index contributed by atoms with van der Waals surface area (Å²) in [5.41, 5.74) is 1.19. The highest BCUT2D eigenvalue weighted by Crippen LogP contribution is 2.20. The minimum absolute atomic E-state index is 0. The lowest BCUT2D eigenvalue weighted by Crippen LogP contribution is -2.57. The molecule has 0 radical (unpaired) electrons. The number of hydrogen-bond acceptors (Lipinski definition) is 3. The fourth-order valence-corrected chi connectivity index (χ4v) is 3.40. The van der Waals surface area contributed by atoms with E-state index in [1.54, 1.807) is 11.0 Å². The molecule has 2 saturated heterocycles. The van der Waals surface area contributed by atoms with Gasteiger partial charge in [0, 0.05) is 37.8 Å². The molecule has 0 saturated carbocycles. The van der Waals surface area contributed by atoms with Crippen molar-refractivity contribution in [3.8, 4) is 0 Å². The lowest BCUT2D eigenvalue weighted by atomic mass is 10.0. The second-order valence-electron chi connectivity index (χ2n) is 6.27. The largest absolute Gasteiger partial charge is 0.337 e. The van der Waals surface area contributed by atoms with E-state index in [1.807, 2.05) is 11.8 Å². The summed E-state index contributed by atoms with van der Waals surface area (Å²) in [6.07, 6.45) is 1.78. The van der Waals surface area contributed by atoms with Gasteiger partial charge >= 0.3 is 0 Å². The molecule has 1 aromatic carbocycles. The van der Waals surface area contributed by atoms with Crippen LogP contribution in [0.2, 0.25) is 0 Å². The maximum atomic E-state index is 13.5. The number of nitrogens with one attached hydrogen (secondary N) is 1. The van der Waals surface area contributed by atoms with E-state index in [1.165, 1.54) is 12.1 Å². The zero-order valence-electron chi connectivity index (χ0n) is 13.8. The molecule has 132 valence electrons. The van der Waals surface area contributed by atoms with E-state index < -0.39 is 5.82 Å². The van der Waals surface area contributed by atoms with Crippen LogP contribution in [0.5, 0.6) is 0 Å². The molecular formula is C17H23ClFN3O2. The van der Waals surface area contributed by atoms with E-state index in [4.69, 9.17) is 0 Å². The quantitative estimate of drug-likeness (QED) is 0.876. The topological polar surface area (TPSA) is 52.7 Å². The number of amides is 2. The molecule has 1 unspecified atom stereocenters. The summed E-state index contributed by atoms with van der Waals surface area (Å²) in [6, 6.07) is 4.36. The Hall–Kier alpha value is -1.66. The van der Waals surface area contributed by atoms with Gasteiger partial charge in [-0.25, -0.2) is 4.39 Å². The van der Waals surface area contributed by atoms with Crippen molar-refractivity contribution in [1.82, 2.24) is 15.1 Å². The third kappa shape index (κ3) is 3.87. The van der Waals surface area contributed by atoms with Crippen LogP contribution in [0.15, 0.2) is 18.2 Å². The number of halogens is 2. The summed E-state index contributed by atoms with van der Waals surface area (Å²) < 4.78 is 13.5. The van der Waals surface area contributed by atoms with E-state index in [2.05, 4.69) is 5.32 Å². The maximum absolute atomic E-state index is 13.5. The SMILES string of the molecule is Cc1ccc(F)cc1C(=O)N1CCCC(N2CCNCC2=O)C1.Cl. The summed E-state index contributed by atoms with van der Waals surface area (Å²) >= 11 is 0. The van der Waals surface area contributed by atoms with Crippen LogP contribution in [0.1, 0.15) is 28.8 Å². The summed E-state index contributed by atoms with van der Waals surface area (Å²) in [4.78, 5) is 28.4. The second-order valence-corrected chi connectivity index (χ2v) is 6.27. The van der Waals surface area contributed by atoms with Crippen LogP contribution in [0.3, 0.4) is 0 Å². The molecule has 1 aromatic rings. The minimum atomic E-state index is -0.398. The smallest absolute Gasteiger partial charge is 0.254 e. The molecule has 24 heavy (non-hydrogen) atoms. The van der Waals surface area contributed by atoms with Gasteiger partial charge in [-0.3, -0.25) is 9.59 Å². The highest BCUT2D eigenvalue weighted by atomic mass is 35.5. The fourth-order valence-electron chi connectivity index (χ4n) is 3.40. The van der Waals surface area contributed by atoms with Crippen LogP contribution in [0.4, 0.5) is 4.39 Å². The lowest BCUT2D eigenvalue weighted by molar-refractivity contribution is -0.135. The number of carbonyl (C=O) groups is 2. The normalized spacial score (nSPS) is 21.4. The predicted molar refractivity (Wildman–Crippen MR) is 91.9 cm³/mol. The molecule has 7 heteroatoms. The van der Waals surface area contributed by atoms with Crippen molar-refractivity contribution in [3.63, 3.8) is 0 Å².